The number of likely N-dealkylation sites (N-methyl/N-ethyl adjacent to an activating group) is 1. The predicted octanol–water partition coefficient (Wildman–Crippen LogP) is 3.48. The summed E-state index contributed by atoms with van der Waals surface area (Å²) in [6.07, 6.45) is 5.97. The number of carbonyl (C=O) groups is 1. The number of carbonyl (C=O) groups excluding carboxylic acids is 1. The summed E-state index contributed by atoms with van der Waals surface area (Å²) in [6, 6.07) is 6.19. The lowest BCUT2D eigenvalue weighted by molar-refractivity contribution is -0.134. The molecule has 1 N–H and O–H groups in total. The molecule has 1 aliphatic carbocycles. The molecule has 0 saturated heterocycles. The minimum absolute atomic E-state index is 0.124. The summed E-state index contributed by atoms with van der Waals surface area (Å²) in [7, 11) is -1.92. The van der Waals surface area contributed by atoms with E-state index >= 15 is 0 Å². The van der Waals surface area contributed by atoms with Crippen molar-refractivity contribution in [2.24, 2.45) is 5.92 Å². The molecule has 2 rings (SSSR count). The maximum atomic E-state index is 13.0. The molecule has 0 aromatic heterocycles. The molecule has 0 heterocycles. The van der Waals surface area contributed by atoms with Crippen molar-refractivity contribution in [1.82, 2.24) is 9.62 Å². The predicted molar refractivity (Wildman–Crippen MR) is 104 cm³/mol. The van der Waals surface area contributed by atoms with E-state index in [2.05, 4.69) is 4.72 Å². The Hall–Kier alpha value is -1.40. The van der Waals surface area contributed by atoms with Crippen LogP contribution >= 0.6 is 0 Å². The van der Waals surface area contributed by atoms with Crippen molar-refractivity contribution in [3.63, 3.8) is 0 Å². The first-order chi connectivity index (χ1) is 12.2. The lowest BCUT2D eigenvalue weighted by Crippen LogP contribution is -2.51. The number of hydrogen-bond acceptors (Lipinski definition) is 3. The van der Waals surface area contributed by atoms with Gasteiger partial charge in [0.1, 0.15) is 6.04 Å². The largest absolute Gasteiger partial charge is 0.341 e. The minimum Gasteiger partial charge on any atom is -0.341 e. The van der Waals surface area contributed by atoms with Crippen LogP contribution in [0, 0.1) is 12.8 Å². The normalized spacial score (nSPS) is 17.3. The Bertz CT molecular complexity index is 692. The Morgan fingerprint density at radius 1 is 1.15 bits per heavy atom. The van der Waals surface area contributed by atoms with Crippen molar-refractivity contribution in [1.29, 1.82) is 0 Å². The monoisotopic (exact) mass is 380 g/mol. The van der Waals surface area contributed by atoms with Gasteiger partial charge in [-0.3, -0.25) is 4.79 Å². The molecule has 0 radical (unpaired) electrons. The SMILES string of the molecule is Cc1ccc(S(=O)(=O)NC(CC(C)C)C(=O)N(C)C2CCCCC2)cc1. The number of rotatable bonds is 7. The highest BCUT2D eigenvalue weighted by molar-refractivity contribution is 7.89. The van der Waals surface area contributed by atoms with Gasteiger partial charge in [0.25, 0.3) is 0 Å². The second-order valence-electron chi connectivity index (χ2n) is 7.86. The van der Waals surface area contributed by atoms with E-state index in [1.807, 2.05) is 27.8 Å². The number of benzene rings is 1. The molecule has 26 heavy (non-hydrogen) atoms. The van der Waals surface area contributed by atoms with Gasteiger partial charge in [0.15, 0.2) is 0 Å². The summed E-state index contributed by atoms with van der Waals surface area (Å²) in [6.45, 7) is 5.91. The fraction of sp³-hybridized carbons (Fsp3) is 0.650. The Morgan fingerprint density at radius 2 is 1.73 bits per heavy atom. The van der Waals surface area contributed by atoms with Crippen LogP contribution in [0.4, 0.5) is 0 Å². The van der Waals surface area contributed by atoms with Crippen molar-refractivity contribution in [2.45, 2.75) is 76.3 Å². The van der Waals surface area contributed by atoms with Gasteiger partial charge in [0, 0.05) is 13.1 Å². The molecule has 1 atom stereocenters. The Labute approximate surface area is 158 Å². The molecular weight excluding hydrogens is 348 g/mol. The number of hydrogen-bond donors (Lipinski definition) is 1. The molecule has 1 aromatic rings. The minimum atomic E-state index is -3.73. The zero-order valence-corrected chi connectivity index (χ0v) is 17.2. The number of nitrogens with zero attached hydrogens (tertiary/aromatic N) is 1. The van der Waals surface area contributed by atoms with Crippen LogP contribution in [0.25, 0.3) is 0 Å². The third kappa shape index (κ3) is 5.55. The van der Waals surface area contributed by atoms with Crippen molar-refractivity contribution in [3.8, 4) is 0 Å². The van der Waals surface area contributed by atoms with Crippen LogP contribution in [-0.2, 0) is 14.8 Å². The first kappa shape index (κ1) is 20.9. The highest BCUT2D eigenvalue weighted by Gasteiger charge is 2.31. The van der Waals surface area contributed by atoms with E-state index in [0.717, 1.165) is 31.2 Å². The van der Waals surface area contributed by atoms with Crippen LogP contribution in [0.1, 0.15) is 57.9 Å². The van der Waals surface area contributed by atoms with Gasteiger partial charge in [0.2, 0.25) is 15.9 Å². The van der Waals surface area contributed by atoms with Crippen LogP contribution in [0.3, 0.4) is 0 Å². The molecule has 1 fully saturated rings. The van der Waals surface area contributed by atoms with Crippen LogP contribution < -0.4 is 4.72 Å². The van der Waals surface area contributed by atoms with Gasteiger partial charge in [-0.25, -0.2) is 8.42 Å². The average Bonchev–Trinajstić information content (AvgIpc) is 2.60. The molecule has 1 aromatic carbocycles. The standard InChI is InChI=1S/C20H32N2O3S/c1-15(2)14-19(20(23)22(4)17-8-6-5-7-9-17)21-26(24,25)18-12-10-16(3)11-13-18/h10-13,15,17,19,21H,5-9,14H2,1-4H3. The number of amides is 1. The van der Waals surface area contributed by atoms with Gasteiger partial charge >= 0.3 is 0 Å². The first-order valence-electron chi connectivity index (χ1n) is 9.56. The molecule has 6 heteroatoms. The van der Waals surface area contributed by atoms with Gasteiger partial charge in [-0.2, -0.15) is 4.72 Å². The smallest absolute Gasteiger partial charge is 0.241 e. The fourth-order valence-corrected chi connectivity index (χ4v) is 4.74. The van der Waals surface area contributed by atoms with Crippen LogP contribution in [-0.4, -0.2) is 38.4 Å². The van der Waals surface area contributed by atoms with E-state index in [1.165, 1.54) is 6.42 Å². The van der Waals surface area contributed by atoms with Crippen molar-refractivity contribution >= 4 is 15.9 Å². The first-order valence-corrected chi connectivity index (χ1v) is 11.0. The van der Waals surface area contributed by atoms with E-state index in [4.69, 9.17) is 0 Å². The molecule has 1 unspecified atom stereocenters. The number of nitrogens with one attached hydrogen (secondary N) is 1. The molecule has 0 bridgehead atoms. The van der Waals surface area contributed by atoms with E-state index in [1.54, 1.807) is 29.2 Å². The van der Waals surface area contributed by atoms with E-state index in [0.29, 0.717) is 6.42 Å². The topological polar surface area (TPSA) is 66.5 Å². The maximum absolute atomic E-state index is 13.0. The summed E-state index contributed by atoms with van der Waals surface area (Å²) in [5.74, 6) is 0.0886. The Balaban J connectivity index is 2.17. The quantitative estimate of drug-likeness (QED) is 0.787. The van der Waals surface area contributed by atoms with E-state index < -0.39 is 16.1 Å². The lowest BCUT2D eigenvalue weighted by Gasteiger charge is -2.34. The Morgan fingerprint density at radius 3 is 2.27 bits per heavy atom. The average molecular weight is 381 g/mol. The third-order valence-corrected chi connectivity index (χ3v) is 6.59. The maximum Gasteiger partial charge on any atom is 0.241 e. The van der Waals surface area contributed by atoms with E-state index in [-0.39, 0.29) is 22.8 Å². The Kier molecular flexibility index (Phi) is 7.24. The summed E-state index contributed by atoms with van der Waals surface area (Å²) < 4.78 is 28.2. The van der Waals surface area contributed by atoms with Gasteiger partial charge < -0.3 is 4.90 Å². The fourth-order valence-electron chi connectivity index (χ4n) is 3.54. The lowest BCUT2D eigenvalue weighted by atomic mass is 9.93. The summed E-state index contributed by atoms with van der Waals surface area (Å²) in [5.41, 5.74) is 0.996. The summed E-state index contributed by atoms with van der Waals surface area (Å²) >= 11 is 0. The molecule has 0 spiro atoms. The number of sulfonamides is 1. The molecule has 0 aliphatic heterocycles. The highest BCUT2D eigenvalue weighted by Crippen LogP contribution is 2.23. The zero-order chi connectivity index (χ0) is 19.3. The molecule has 146 valence electrons. The van der Waals surface area contributed by atoms with Crippen LogP contribution in [0.2, 0.25) is 0 Å². The third-order valence-electron chi connectivity index (χ3n) is 5.10. The molecule has 1 aliphatic rings. The second-order valence-corrected chi connectivity index (χ2v) is 9.57. The van der Waals surface area contributed by atoms with Crippen molar-refractivity contribution in [3.05, 3.63) is 29.8 Å². The number of aryl methyl sites for hydroxylation is 1. The molecule has 1 amide bonds. The summed E-state index contributed by atoms with van der Waals surface area (Å²) in [4.78, 5) is 15.0. The van der Waals surface area contributed by atoms with Gasteiger partial charge in [-0.15, -0.1) is 0 Å². The zero-order valence-electron chi connectivity index (χ0n) is 16.4. The van der Waals surface area contributed by atoms with Gasteiger partial charge in [-0.05, 0) is 44.2 Å². The van der Waals surface area contributed by atoms with Crippen molar-refractivity contribution < 1.29 is 13.2 Å². The highest BCUT2D eigenvalue weighted by atomic mass is 32.2. The van der Waals surface area contributed by atoms with Crippen LogP contribution in [0.15, 0.2) is 29.2 Å². The van der Waals surface area contributed by atoms with E-state index in [9.17, 15) is 13.2 Å². The van der Waals surface area contributed by atoms with Crippen LogP contribution in [0.5, 0.6) is 0 Å². The molecule has 5 nitrogen and oxygen atoms in total. The van der Waals surface area contributed by atoms with Gasteiger partial charge in [-0.1, -0.05) is 50.8 Å². The van der Waals surface area contributed by atoms with Crippen molar-refractivity contribution in [2.75, 3.05) is 7.05 Å². The molecular formula is C20H32N2O3S. The second kappa shape index (κ2) is 9.00. The van der Waals surface area contributed by atoms with Gasteiger partial charge in [0.05, 0.1) is 4.90 Å². The molecule has 1 saturated carbocycles. The summed E-state index contributed by atoms with van der Waals surface area (Å²) in [5, 5.41) is 0.